The summed E-state index contributed by atoms with van der Waals surface area (Å²) < 4.78 is 0. The van der Waals surface area contributed by atoms with Crippen LogP contribution in [-0.4, -0.2) is 56.5 Å². The highest BCUT2D eigenvalue weighted by molar-refractivity contribution is 8.13. The number of nitrogens with zero attached hydrogens (tertiary/aromatic N) is 1. The highest BCUT2D eigenvalue weighted by Gasteiger charge is 2.25. The molecule has 0 radical (unpaired) electrons. The molecule has 1 aliphatic heterocycles. The second-order valence-electron chi connectivity index (χ2n) is 6.46. The van der Waals surface area contributed by atoms with Crippen molar-refractivity contribution in [1.29, 1.82) is 0 Å². The number of rotatable bonds is 10. The first kappa shape index (κ1) is 22.6. The number of carbonyl (C=O) groups is 2. The number of piperidine rings is 1. The van der Waals surface area contributed by atoms with Gasteiger partial charge in [0.15, 0.2) is 0 Å². The van der Waals surface area contributed by atoms with Crippen LogP contribution in [0.15, 0.2) is 59.5 Å². The van der Waals surface area contributed by atoms with E-state index in [-0.39, 0.29) is 11.9 Å². The molecule has 2 N–H and O–H groups in total. The van der Waals surface area contributed by atoms with E-state index in [0.29, 0.717) is 30.9 Å². The van der Waals surface area contributed by atoms with Crippen LogP contribution in [0.3, 0.4) is 0 Å². The fourth-order valence-corrected chi connectivity index (χ4v) is 4.17. The van der Waals surface area contributed by atoms with E-state index in [2.05, 4.69) is 0 Å². The van der Waals surface area contributed by atoms with Crippen LogP contribution in [-0.2, 0) is 4.79 Å². The summed E-state index contributed by atoms with van der Waals surface area (Å²) in [5.74, 6) is 1.22. The maximum absolute atomic E-state index is 12.3. The van der Waals surface area contributed by atoms with Gasteiger partial charge in [-0.05, 0) is 43.2 Å². The molecule has 2 rings (SSSR count). The van der Waals surface area contributed by atoms with Crippen LogP contribution < -0.4 is 0 Å². The van der Waals surface area contributed by atoms with Crippen molar-refractivity contribution in [2.75, 3.05) is 18.1 Å². The van der Waals surface area contributed by atoms with Gasteiger partial charge < -0.3 is 15.1 Å². The van der Waals surface area contributed by atoms with Crippen molar-refractivity contribution < 1.29 is 19.8 Å². The Morgan fingerprint density at radius 3 is 2.82 bits per heavy atom. The van der Waals surface area contributed by atoms with Crippen LogP contribution in [0.5, 0.6) is 0 Å². The summed E-state index contributed by atoms with van der Waals surface area (Å²) >= 11 is 2.48. The maximum Gasteiger partial charge on any atom is 0.364 e. The van der Waals surface area contributed by atoms with E-state index in [1.807, 2.05) is 53.5 Å². The van der Waals surface area contributed by atoms with Crippen molar-refractivity contribution in [3.05, 3.63) is 54.6 Å². The zero-order valence-corrected chi connectivity index (χ0v) is 17.4. The van der Waals surface area contributed by atoms with Gasteiger partial charge in [-0.2, -0.15) is 0 Å². The van der Waals surface area contributed by atoms with E-state index in [1.54, 1.807) is 17.8 Å². The molecule has 0 saturated carbocycles. The van der Waals surface area contributed by atoms with Gasteiger partial charge in [-0.25, -0.2) is 4.79 Å². The molecule has 0 aromatic heterocycles. The maximum atomic E-state index is 12.3. The SMILES string of the molecule is O=C(O)SCCC=CCN1C(=O)CCC[C@@H]1C=CC(O)CSc1ccccc1. The molecule has 1 fully saturated rings. The van der Waals surface area contributed by atoms with Crippen molar-refractivity contribution >= 4 is 34.7 Å². The minimum Gasteiger partial charge on any atom is -0.473 e. The summed E-state index contributed by atoms with van der Waals surface area (Å²) in [6.07, 6.45) is 9.99. The number of aliphatic hydroxyl groups excluding tert-OH is 1. The standard InChI is InChI=1S/C21H27NO4S2/c23-18(16-28-19-9-3-1-4-10-19)13-12-17-8-7-11-20(24)22(17)14-5-2-6-15-27-21(25)26/h1-5,9-10,12-13,17-18,23H,6-8,11,14-16H2,(H,25,26)/t17-,18?/m1/s1. The number of hydrogen-bond acceptors (Lipinski definition) is 5. The second-order valence-corrected chi connectivity index (χ2v) is 8.60. The number of carbonyl (C=O) groups excluding carboxylic acids is 1. The van der Waals surface area contributed by atoms with Gasteiger partial charge in [0.2, 0.25) is 5.91 Å². The minimum absolute atomic E-state index is 0.00401. The third-order valence-electron chi connectivity index (χ3n) is 4.31. The molecule has 2 atom stereocenters. The molecule has 1 amide bonds. The van der Waals surface area contributed by atoms with E-state index in [1.165, 1.54) is 0 Å². The molecule has 0 aliphatic carbocycles. The van der Waals surface area contributed by atoms with E-state index < -0.39 is 11.4 Å². The summed E-state index contributed by atoms with van der Waals surface area (Å²) in [5.41, 5.74) is 0. The highest BCUT2D eigenvalue weighted by atomic mass is 32.2. The zero-order valence-electron chi connectivity index (χ0n) is 15.8. The van der Waals surface area contributed by atoms with Crippen LogP contribution >= 0.6 is 23.5 Å². The molecule has 0 spiro atoms. The minimum atomic E-state index is -0.867. The first-order valence-electron chi connectivity index (χ1n) is 9.40. The predicted molar refractivity (Wildman–Crippen MR) is 116 cm³/mol. The van der Waals surface area contributed by atoms with Crippen molar-refractivity contribution in [3.63, 3.8) is 0 Å². The van der Waals surface area contributed by atoms with Gasteiger partial charge in [0.05, 0.1) is 12.1 Å². The molecule has 1 unspecified atom stereocenters. The van der Waals surface area contributed by atoms with E-state index in [4.69, 9.17) is 5.11 Å². The van der Waals surface area contributed by atoms with E-state index >= 15 is 0 Å². The lowest BCUT2D eigenvalue weighted by Crippen LogP contribution is -2.42. The highest BCUT2D eigenvalue weighted by Crippen LogP contribution is 2.21. The number of benzene rings is 1. The Morgan fingerprint density at radius 1 is 1.29 bits per heavy atom. The quantitative estimate of drug-likeness (QED) is 0.330. The Labute approximate surface area is 174 Å². The fraction of sp³-hybridized carbons (Fsp3) is 0.429. The number of aliphatic hydroxyl groups is 1. The molecule has 1 aromatic rings. The van der Waals surface area contributed by atoms with Crippen LogP contribution in [0.4, 0.5) is 4.79 Å². The number of carboxylic acid groups (broad SMARTS) is 1. The lowest BCUT2D eigenvalue weighted by molar-refractivity contribution is -0.134. The van der Waals surface area contributed by atoms with Gasteiger partial charge >= 0.3 is 5.30 Å². The van der Waals surface area contributed by atoms with Gasteiger partial charge in [0, 0.05) is 29.4 Å². The van der Waals surface area contributed by atoms with Crippen LogP contribution in [0.2, 0.25) is 0 Å². The third-order valence-corrected chi connectivity index (χ3v) is 6.11. The predicted octanol–water partition coefficient (Wildman–Crippen LogP) is 4.43. The van der Waals surface area contributed by atoms with E-state index in [0.717, 1.165) is 29.5 Å². The molecule has 1 aromatic carbocycles. The Bertz CT molecular complexity index is 678. The second kappa shape index (κ2) is 12.7. The normalized spacial score (nSPS) is 18.8. The molecule has 28 heavy (non-hydrogen) atoms. The van der Waals surface area contributed by atoms with Gasteiger partial charge in [-0.15, -0.1) is 11.8 Å². The Balaban J connectivity index is 1.81. The summed E-state index contributed by atoms with van der Waals surface area (Å²) in [6, 6.07) is 9.95. The number of likely N-dealkylation sites (tertiary alicyclic amines) is 1. The van der Waals surface area contributed by atoms with Gasteiger partial charge in [0.25, 0.3) is 0 Å². The zero-order chi connectivity index (χ0) is 20.2. The topological polar surface area (TPSA) is 77.8 Å². The molecular formula is C21H27NO4S2. The van der Waals surface area contributed by atoms with Crippen molar-refractivity contribution in [1.82, 2.24) is 4.90 Å². The number of allylic oxidation sites excluding steroid dienone is 1. The molecule has 1 saturated heterocycles. The van der Waals surface area contributed by atoms with Gasteiger partial charge in [-0.3, -0.25) is 4.79 Å². The molecule has 5 nitrogen and oxygen atoms in total. The lowest BCUT2D eigenvalue weighted by Gasteiger charge is -2.33. The van der Waals surface area contributed by atoms with Gasteiger partial charge in [-0.1, -0.05) is 42.5 Å². The van der Waals surface area contributed by atoms with Crippen molar-refractivity contribution in [2.24, 2.45) is 0 Å². The van der Waals surface area contributed by atoms with E-state index in [9.17, 15) is 14.7 Å². The number of amides is 1. The molecule has 7 heteroatoms. The Kier molecular flexibility index (Phi) is 10.2. The van der Waals surface area contributed by atoms with Crippen LogP contribution in [0.1, 0.15) is 25.7 Å². The fourth-order valence-electron chi connectivity index (χ4n) is 2.91. The Hall–Kier alpha value is -1.70. The molecular weight excluding hydrogens is 394 g/mol. The smallest absolute Gasteiger partial charge is 0.364 e. The first-order chi connectivity index (χ1) is 13.6. The van der Waals surface area contributed by atoms with Crippen molar-refractivity contribution in [3.8, 4) is 0 Å². The lowest BCUT2D eigenvalue weighted by atomic mass is 10.0. The number of hydrogen-bond donors (Lipinski definition) is 2. The van der Waals surface area contributed by atoms with Crippen LogP contribution in [0.25, 0.3) is 0 Å². The molecule has 1 aliphatic rings. The molecule has 1 heterocycles. The summed E-state index contributed by atoms with van der Waals surface area (Å²) in [6.45, 7) is 0.514. The average Bonchev–Trinajstić information content (AvgIpc) is 2.69. The summed E-state index contributed by atoms with van der Waals surface area (Å²) in [7, 11) is 0. The largest absolute Gasteiger partial charge is 0.473 e. The molecule has 152 valence electrons. The van der Waals surface area contributed by atoms with Crippen molar-refractivity contribution in [2.45, 2.75) is 42.7 Å². The average molecular weight is 422 g/mol. The summed E-state index contributed by atoms with van der Waals surface area (Å²) in [5, 5.41) is 18.0. The summed E-state index contributed by atoms with van der Waals surface area (Å²) in [4.78, 5) is 25.7. The third kappa shape index (κ3) is 8.54. The van der Waals surface area contributed by atoms with Gasteiger partial charge in [0.1, 0.15) is 0 Å². The molecule has 0 bridgehead atoms. The monoisotopic (exact) mass is 421 g/mol. The first-order valence-corrected chi connectivity index (χ1v) is 11.4. The Morgan fingerprint density at radius 2 is 2.07 bits per heavy atom. The number of thioether (sulfide) groups is 2. The van der Waals surface area contributed by atoms with Crippen LogP contribution in [0, 0.1) is 0 Å².